The number of amidine groups is 1. The molecule has 330 valence electrons. The molecule has 2 amide bonds. The molecular weight excluding hydrogens is 860 g/mol. The molecule has 14 nitrogen and oxygen atoms in total. The van der Waals surface area contributed by atoms with Crippen molar-refractivity contribution >= 4 is 88.2 Å². The number of aliphatic imine (C=N–C) groups is 2. The largest absolute Gasteiger partial charge is 0.491 e. The number of anilines is 3. The highest BCUT2D eigenvalue weighted by Gasteiger charge is 2.29. The molecule has 0 aliphatic carbocycles. The molecule has 0 unspecified atom stereocenters. The van der Waals surface area contributed by atoms with Crippen molar-refractivity contribution in [2.75, 3.05) is 68.7 Å². The highest BCUT2D eigenvalue weighted by Crippen LogP contribution is 2.39. The zero-order valence-corrected chi connectivity index (χ0v) is 37.9. The number of carbonyl (C=O) groups is 2. The van der Waals surface area contributed by atoms with E-state index in [0.29, 0.717) is 81.5 Å². The summed E-state index contributed by atoms with van der Waals surface area (Å²) in [7, 11) is 0. The quantitative estimate of drug-likeness (QED) is 0.0343. The van der Waals surface area contributed by atoms with Crippen LogP contribution in [0.4, 0.5) is 22.2 Å². The second kappa shape index (κ2) is 23.2. The normalized spacial score (nSPS) is 14.2. The number of aryl methyl sites for hydroxylation is 1. The number of rotatable bonds is 20. The van der Waals surface area contributed by atoms with Crippen LogP contribution < -0.4 is 26.1 Å². The first-order valence-corrected chi connectivity index (χ1v) is 21.6. The lowest BCUT2D eigenvalue weighted by atomic mass is 9.99. The number of thiophene rings is 1. The predicted octanol–water partition coefficient (Wildman–Crippen LogP) is 8.10. The third-order valence-corrected chi connectivity index (χ3v) is 11.3. The first-order chi connectivity index (χ1) is 30.2. The van der Waals surface area contributed by atoms with Crippen molar-refractivity contribution in [3.8, 4) is 16.9 Å². The summed E-state index contributed by atoms with van der Waals surface area (Å²) in [4.78, 5) is 40.8. The van der Waals surface area contributed by atoms with E-state index in [0.717, 1.165) is 60.5 Å². The Morgan fingerprint density at radius 3 is 2.32 bits per heavy atom. The Balaban J connectivity index is 0.00000661. The number of amides is 2. The van der Waals surface area contributed by atoms with E-state index in [1.54, 1.807) is 48.7 Å². The van der Waals surface area contributed by atoms with Gasteiger partial charge >= 0.3 is 0 Å². The standard InChI is InChI=1S/C46H49ClN8O6S.H2S/c1-4-50-55-45-39(53-44(31-5-9-35(47)10-6-31)43-29(2)30(3)62-46(43)54-45)27-42(57)51-36-11-13-37(14-12-36)61-24-23-60-22-21-59-20-19-58-18-17-48-40-16-8-33(28-49-40)32-7-15-38-34(25-32)26-41(56)52-38;/h4-16,25,28,39H,17-24,26-27H2,1-3H3,(H,48,49)(H,51,57)(H,52,56)(H,54,55);1H2/b50-4+;/t39-;/m0./s1. The van der Waals surface area contributed by atoms with Gasteiger partial charge in [-0.2, -0.15) is 18.6 Å². The van der Waals surface area contributed by atoms with Crippen molar-refractivity contribution in [2.45, 2.75) is 39.7 Å². The third-order valence-electron chi connectivity index (χ3n) is 9.99. The maximum Gasteiger partial charge on any atom is 0.228 e. The van der Waals surface area contributed by atoms with E-state index in [1.807, 2.05) is 60.8 Å². The molecule has 4 N–H and O–H groups in total. The third kappa shape index (κ3) is 13.0. The topological polar surface area (TPSA) is 169 Å². The fourth-order valence-electron chi connectivity index (χ4n) is 6.74. The Kier molecular flexibility index (Phi) is 17.2. The van der Waals surface area contributed by atoms with Crippen LogP contribution in [0.15, 0.2) is 100 Å². The van der Waals surface area contributed by atoms with Crippen molar-refractivity contribution in [2.24, 2.45) is 15.1 Å². The molecule has 5 aromatic rings. The maximum absolute atomic E-state index is 13.4. The lowest BCUT2D eigenvalue weighted by Crippen LogP contribution is -2.34. The number of carbonyl (C=O) groups excluding carboxylic acids is 2. The number of benzene rings is 3. The number of halogens is 1. The Bertz CT molecular complexity index is 2430. The average molecular weight is 912 g/mol. The minimum Gasteiger partial charge on any atom is -0.491 e. The number of nitrogens with zero attached hydrogens (tertiary/aromatic N) is 4. The summed E-state index contributed by atoms with van der Waals surface area (Å²) < 4.78 is 22.8. The summed E-state index contributed by atoms with van der Waals surface area (Å²) in [5.41, 5.74) is 11.2. The van der Waals surface area contributed by atoms with Gasteiger partial charge in [-0.3, -0.25) is 20.0 Å². The van der Waals surface area contributed by atoms with Gasteiger partial charge in [0.05, 0.1) is 58.2 Å². The lowest BCUT2D eigenvalue weighted by Gasteiger charge is -2.16. The molecule has 0 spiro atoms. The Morgan fingerprint density at radius 1 is 0.905 bits per heavy atom. The number of pyridine rings is 1. The molecule has 2 aliphatic heterocycles. The Hall–Kier alpha value is -5.62. The first-order valence-electron chi connectivity index (χ1n) is 20.4. The monoisotopic (exact) mass is 910 g/mol. The van der Waals surface area contributed by atoms with Crippen molar-refractivity contribution in [1.29, 1.82) is 0 Å². The summed E-state index contributed by atoms with van der Waals surface area (Å²) in [5.74, 6) is 1.71. The SMILES string of the molecule is C/C=N/NC1=Nc2sc(C)c(C)c2C(c2ccc(Cl)cc2)=N[C@H]1CC(=O)Nc1ccc(OCCOCCOCCOCCNc2ccc(-c3ccc4c(c3)CC(=O)N4)cn2)cc1.S. The van der Waals surface area contributed by atoms with Crippen LogP contribution in [-0.4, -0.2) is 93.4 Å². The van der Waals surface area contributed by atoms with Crippen LogP contribution >= 0.6 is 36.4 Å². The molecule has 0 fully saturated rings. The molecular formula is C46H51ClN8O6S2. The fourth-order valence-corrected chi connectivity index (χ4v) is 7.91. The van der Waals surface area contributed by atoms with Gasteiger partial charge in [-0.05, 0) is 98.1 Å². The van der Waals surface area contributed by atoms with Crippen LogP contribution in [0.1, 0.15) is 40.5 Å². The van der Waals surface area contributed by atoms with Crippen LogP contribution in [0.3, 0.4) is 0 Å². The molecule has 2 aromatic heterocycles. The number of hydrazone groups is 1. The molecule has 0 saturated heterocycles. The first kappa shape index (κ1) is 46.9. The number of hydrogen-bond acceptors (Lipinski definition) is 13. The lowest BCUT2D eigenvalue weighted by molar-refractivity contribution is -0.116. The number of nitrogens with one attached hydrogen (secondary N) is 4. The van der Waals surface area contributed by atoms with E-state index in [-0.39, 0.29) is 31.7 Å². The Morgan fingerprint density at radius 2 is 1.60 bits per heavy atom. The second-order valence-corrected chi connectivity index (χ2v) is 16.0. The number of fused-ring (bicyclic) bond motifs is 2. The van der Waals surface area contributed by atoms with Gasteiger partial charge in [0.25, 0.3) is 0 Å². The Labute approximate surface area is 383 Å². The van der Waals surface area contributed by atoms with E-state index < -0.39 is 6.04 Å². The highest BCUT2D eigenvalue weighted by molar-refractivity contribution is 7.59. The van der Waals surface area contributed by atoms with Crippen LogP contribution in [0.5, 0.6) is 5.75 Å². The van der Waals surface area contributed by atoms with Gasteiger partial charge in [-0.1, -0.05) is 29.8 Å². The van der Waals surface area contributed by atoms with Crippen molar-refractivity contribution in [3.63, 3.8) is 0 Å². The van der Waals surface area contributed by atoms with Gasteiger partial charge in [0.1, 0.15) is 35.1 Å². The molecule has 0 saturated carbocycles. The van der Waals surface area contributed by atoms with Gasteiger partial charge in [-0.25, -0.2) is 9.98 Å². The maximum atomic E-state index is 13.4. The van der Waals surface area contributed by atoms with Crippen molar-refractivity contribution in [1.82, 2.24) is 10.4 Å². The van der Waals surface area contributed by atoms with Crippen LogP contribution in [0.2, 0.25) is 5.02 Å². The van der Waals surface area contributed by atoms with E-state index in [2.05, 4.69) is 45.3 Å². The minimum atomic E-state index is -0.622. The van der Waals surface area contributed by atoms with Crippen molar-refractivity contribution in [3.05, 3.63) is 117 Å². The number of hydrogen-bond donors (Lipinski definition) is 4. The summed E-state index contributed by atoms with van der Waals surface area (Å²) in [6.07, 6.45) is 3.90. The predicted molar refractivity (Wildman–Crippen MR) is 258 cm³/mol. The molecule has 0 bridgehead atoms. The number of ether oxygens (including phenoxy) is 4. The van der Waals surface area contributed by atoms with Crippen LogP contribution in [-0.2, 0) is 30.2 Å². The van der Waals surface area contributed by atoms with Crippen LogP contribution in [0.25, 0.3) is 11.1 Å². The zero-order valence-electron chi connectivity index (χ0n) is 35.3. The van der Waals surface area contributed by atoms with Gasteiger partial charge in [0, 0.05) is 56.9 Å². The minimum absolute atomic E-state index is 0. The second-order valence-electron chi connectivity index (χ2n) is 14.4. The molecule has 17 heteroatoms. The van der Waals surface area contributed by atoms with Gasteiger partial charge in [0.15, 0.2) is 0 Å². The molecule has 0 radical (unpaired) electrons. The molecule has 2 aliphatic rings. The molecule has 7 rings (SSSR count). The van der Waals surface area contributed by atoms with E-state index >= 15 is 0 Å². The summed E-state index contributed by atoms with van der Waals surface area (Å²) in [6, 6.07) is 24.0. The zero-order chi connectivity index (χ0) is 43.3. The van der Waals surface area contributed by atoms with E-state index in [9.17, 15) is 9.59 Å². The molecule has 63 heavy (non-hydrogen) atoms. The van der Waals surface area contributed by atoms with Gasteiger partial charge in [0.2, 0.25) is 11.8 Å². The van der Waals surface area contributed by atoms with Crippen LogP contribution in [0, 0.1) is 13.8 Å². The van der Waals surface area contributed by atoms with E-state index in [4.69, 9.17) is 40.5 Å². The van der Waals surface area contributed by atoms with E-state index in [1.165, 1.54) is 0 Å². The smallest absolute Gasteiger partial charge is 0.228 e. The number of aromatic nitrogens is 1. The average Bonchev–Trinajstić information content (AvgIpc) is 3.74. The fraction of sp³-hybridized carbons (Fsp3) is 0.304. The molecule has 3 aromatic carbocycles. The highest BCUT2D eigenvalue weighted by atomic mass is 35.5. The summed E-state index contributed by atoms with van der Waals surface area (Å²) >= 11 is 7.80. The summed E-state index contributed by atoms with van der Waals surface area (Å²) in [5, 5.41) is 14.8. The molecule has 4 heterocycles. The van der Waals surface area contributed by atoms with Gasteiger partial charge in [-0.15, -0.1) is 11.3 Å². The van der Waals surface area contributed by atoms with Crippen molar-refractivity contribution < 1.29 is 28.5 Å². The van der Waals surface area contributed by atoms with Gasteiger partial charge < -0.3 is 34.9 Å². The molecule has 1 atom stereocenters. The summed E-state index contributed by atoms with van der Waals surface area (Å²) in [6.45, 7) is 9.64.